The van der Waals surface area contributed by atoms with E-state index in [1.165, 1.54) is 12.8 Å². The Labute approximate surface area is 168 Å². The van der Waals surface area contributed by atoms with Crippen LogP contribution in [0.1, 0.15) is 40.5 Å². The Hall–Kier alpha value is -3.35. The number of aromatic nitrogens is 2. The second-order valence-electron chi connectivity index (χ2n) is 7.74. The second kappa shape index (κ2) is 7.24. The normalized spacial score (nSPS) is 16.5. The lowest BCUT2D eigenvalue weighted by molar-refractivity contribution is 0.0546. The van der Waals surface area contributed by atoms with Crippen LogP contribution < -0.4 is 5.32 Å². The molecule has 3 aromatic rings. The Morgan fingerprint density at radius 3 is 2.69 bits per heavy atom. The van der Waals surface area contributed by atoms with Gasteiger partial charge in [-0.05, 0) is 36.6 Å². The van der Waals surface area contributed by atoms with E-state index >= 15 is 0 Å². The van der Waals surface area contributed by atoms with Crippen molar-refractivity contribution in [3.05, 3.63) is 65.5 Å². The van der Waals surface area contributed by atoms with Crippen molar-refractivity contribution >= 4 is 23.0 Å². The number of benzene rings is 2. The van der Waals surface area contributed by atoms with Crippen LogP contribution in [0.2, 0.25) is 0 Å². The average molecular weight is 390 g/mol. The second-order valence-corrected chi connectivity index (χ2v) is 7.74. The van der Waals surface area contributed by atoms with Crippen LogP contribution in [-0.2, 0) is 11.3 Å². The van der Waals surface area contributed by atoms with Gasteiger partial charge < -0.3 is 19.9 Å². The summed E-state index contributed by atoms with van der Waals surface area (Å²) in [5, 5.41) is 2.80. The van der Waals surface area contributed by atoms with E-state index in [2.05, 4.69) is 15.3 Å². The number of imidazole rings is 1. The number of ether oxygens (including phenoxy) is 1. The molecule has 0 radical (unpaired) electrons. The Bertz CT molecular complexity index is 1050. The summed E-state index contributed by atoms with van der Waals surface area (Å²) in [5.41, 5.74) is 3.37. The highest BCUT2D eigenvalue weighted by atomic mass is 16.5. The molecule has 1 saturated heterocycles. The molecule has 2 heterocycles. The van der Waals surface area contributed by atoms with Crippen molar-refractivity contribution in [2.75, 3.05) is 13.1 Å². The van der Waals surface area contributed by atoms with Crippen molar-refractivity contribution in [1.29, 1.82) is 0 Å². The van der Waals surface area contributed by atoms with Gasteiger partial charge in [-0.15, -0.1) is 0 Å². The molecule has 1 aromatic heterocycles. The molecule has 0 atom stereocenters. The molecule has 2 amide bonds. The molecule has 7 heteroatoms. The number of aromatic amines is 1. The van der Waals surface area contributed by atoms with E-state index in [1.807, 2.05) is 48.5 Å². The van der Waals surface area contributed by atoms with Crippen LogP contribution in [-0.4, -0.2) is 46.0 Å². The molecule has 1 aliphatic carbocycles. The molecule has 29 heavy (non-hydrogen) atoms. The average Bonchev–Trinajstić information content (AvgIpc) is 3.48. The van der Waals surface area contributed by atoms with Crippen LogP contribution in [0.25, 0.3) is 11.0 Å². The van der Waals surface area contributed by atoms with Crippen molar-refractivity contribution in [2.45, 2.75) is 31.4 Å². The molecule has 0 bridgehead atoms. The summed E-state index contributed by atoms with van der Waals surface area (Å²) in [6, 6.07) is 15.0. The number of likely N-dealkylation sites (tertiary alicyclic amines) is 1. The molecule has 2 fully saturated rings. The van der Waals surface area contributed by atoms with Crippen molar-refractivity contribution < 1.29 is 14.3 Å². The smallest absolute Gasteiger partial charge is 0.407 e. The van der Waals surface area contributed by atoms with Gasteiger partial charge in [-0.2, -0.15) is 0 Å². The first-order valence-electron chi connectivity index (χ1n) is 9.92. The standard InChI is InChI=1S/C22H22N4O3/c27-21(16-8-9-18-19(10-16)25-20(24-18)15-6-7-15)26-11-17(12-26)23-22(28)29-13-14-4-2-1-3-5-14/h1-5,8-10,15,17H,6-7,11-13H2,(H,23,28)(H,24,25). The minimum absolute atomic E-state index is 0.0369. The molecular formula is C22H22N4O3. The number of H-pyrrole nitrogens is 1. The number of alkyl carbamates (subject to hydrolysis) is 1. The van der Waals surface area contributed by atoms with Crippen LogP contribution in [0.4, 0.5) is 4.79 Å². The topological polar surface area (TPSA) is 87.3 Å². The van der Waals surface area contributed by atoms with Gasteiger partial charge in [0.05, 0.1) is 17.1 Å². The van der Waals surface area contributed by atoms with Gasteiger partial charge >= 0.3 is 6.09 Å². The largest absolute Gasteiger partial charge is 0.445 e. The fraction of sp³-hybridized carbons (Fsp3) is 0.318. The number of rotatable bonds is 5. The van der Waals surface area contributed by atoms with Crippen molar-refractivity contribution in [1.82, 2.24) is 20.2 Å². The highest BCUT2D eigenvalue weighted by Crippen LogP contribution is 2.39. The fourth-order valence-electron chi connectivity index (χ4n) is 3.56. The van der Waals surface area contributed by atoms with E-state index in [0.29, 0.717) is 24.6 Å². The molecule has 1 saturated carbocycles. The van der Waals surface area contributed by atoms with Crippen LogP contribution in [0.15, 0.2) is 48.5 Å². The number of nitrogens with one attached hydrogen (secondary N) is 2. The third-order valence-electron chi connectivity index (χ3n) is 5.41. The first kappa shape index (κ1) is 17.7. The van der Waals surface area contributed by atoms with Crippen LogP contribution in [0.5, 0.6) is 0 Å². The fourth-order valence-corrected chi connectivity index (χ4v) is 3.56. The number of hydrogen-bond acceptors (Lipinski definition) is 4. The van der Waals surface area contributed by atoms with Gasteiger partial charge in [0.15, 0.2) is 0 Å². The van der Waals surface area contributed by atoms with E-state index in [4.69, 9.17) is 4.74 Å². The maximum absolute atomic E-state index is 12.7. The maximum atomic E-state index is 12.7. The van der Waals surface area contributed by atoms with Gasteiger partial charge in [0, 0.05) is 24.6 Å². The highest BCUT2D eigenvalue weighted by Gasteiger charge is 2.33. The van der Waals surface area contributed by atoms with Crippen molar-refractivity contribution in [3.8, 4) is 0 Å². The molecule has 2 aromatic carbocycles. The van der Waals surface area contributed by atoms with Crippen molar-refractivity contribution in [3.63, 3.8) is 0 Å². The van der Waals surface area contributed by atoms with E-state index in [0.717, 1.165) is 22.4 Å². The predicted octanol–water partition coefficient (Wildman–Crippen LogP) is 3.19. The minimum atomic E-state index is -0.461. The summed E-state index contributed by atoms with van der Waals surface area (Å²) in [6.45, 7) is 1.19. The number of carbonyl (C=O) groups excluding carboxylic acids is 2. The number of carbonyl (C=O) groups is 2. The van der Waals surface area contributed by atoms with Crippen LogP contribution in [0, 0.1) is 0 Å². The lowest BCUT2D eigenvalue weighted by Crippen LogP contribution is -2.61. The lowest BCUT2D eigenvalue weighted by Gasteiger charge is -2.39. The number of fused-ring (bicyclic) bond motifs is 1. The van der Waals surface area contributed by atoms with E-state index in [1.54, 1.807) is 4.90 Å². The summed E-state index contributed by atoms with van der Waals surface area (Å²) in [7, 11) is 0. The molecular weight excluding hydrogens is 368 g/mol. The van der Waals surface area contributed by atoms with E-state index < -0.39 is 6.09 Å². The maximum Gasteiger partial charge on any atom is 0.407 e. The minimum Gasteiger partial charge on any atom is -0.445 e. The summed E-state index contributed by atoms with van der Waals surface area (Å²) in [5.74, 6) is 1.53. The van der Waals surface area contributed by atoms with Crippen molar-refractivity contribution in [2.24, 2.45) is 0 Å². The summed E-state index contributed by atoms with van der Waals surface area (Å²) < 4.78 is 5.23. The Morgan fingerprint density at radius 1 is 1.14 bits per heavy atom. The molecule has 5 rings (SSSR count). The Balaban J connectivity index is 1.13. The summed E-state index contributed by atoms with van der Waals surface area (Å²) >= 11 is 0. The van der Waals surface area contributed by atoms with Gasteiger partial charge in [-0.3, -0.25) is 4.79 Å². The highest BCUT2D eigenvalue weighted by molar-refractivity contribution is 5.98. The Morgan fingerprint density at radius 2 is 1.93 bits per heavy atom. The zero-order valence-electron chi connectivity index (χ0n) is 15.9. The third-order valence-corrected chi connectivity index (χ3v) is 5.41. The van der Waals surface area contributed by atoms with Gasteiger partial charge in [-0.25, -0.2) is 9.78 Å². The Kier molecular flexibility index (Phi) is 4.42. The summed E-state index contributed by atoms with van der Waals surface area (Å²) in [6.07, 6.45) is 1.90. The first-order chi connectivity index (χ1) is 14.2. The van der Waals surface area contributed by atoms with E-state index in [9.17, 15) is 9.59 Å². The molecule has 7 nitrogen and oxygen atoms in total. The van der Waals surface area contributed by atoms with Crippen LogP contribution in [0.3, 0.4) is 0 Å². The van der Waals surface area contributed by atoms with Crippen LogP contribution >= 0.6 is 0 Å². The quantitative estimate of drug-likeness (QED) is 0.700. The monoisotopic (exact) mass is 390 g/mol. The third kappa shape index (κ3) is 3.81. The lowest BCUT2D eigenvalue weighted by atomic mass is 10.1. The zero-order valence-corrected chi connectivity index (χ0v) is 15.9. The molecule has 1 aliphatic heterocycles. The zero-order chi connectivity index (χ0) is 19.8. The van der Waals surface area contributed by atoms with Gasteiger partial charge in [0.2, 0.25) is 0 Å². The number of amides is 2. The van der Waals surface area contributed by atoms with E-state index in [-0.39, 0.29) is 18.6 Å². The molecule has 2 N–H and O–H groups in total. The first-order valence-corrected chi connectivity index (χ1v) is 9.92. The number of hydrogen-bond donors (Lipinski definition) is 2. The van der Waals surface area contributed by atoms with Gasteiger partial charge in [-0.1, -0.05) is 30.3 Å². The molecule has 148 valence electrons. The molecule has 0 unspecified atom stereocenters. The molecule has 2 aliphatic rings. The SMILES string of the molecule is O=C(NC1CN(C(=O)c2ccc3nc(C4CC4)[nH]c3c2)C1)OCc1ccccc1. The van der Waals surface area contributed by atoms with Gasteiger partial charge in [0.25, 0.3) is 5.91 Å². The summed E-state index contributed by atoms with van der Waals surface area (Å²) in [4.78, 5) is 34.3. The molecule has 0 spiro atoms. The predicted molar refractivity (Wildman–Crippen MR) is 108 cm³/mol. The number of nitrogens with zero attached hydrogens (tertiary/aromatic N) is 2. The van der Waals surface area contributed by atoms with Gasteiger partial charge in [0.1, 0.15) is 12.4 Å².